The first-order valence-corrected chi connectivity index (χ1v) is 7.95. The van der Waals surface area contributed by atoms with Crippen molar-refractivity contribution in [2.75, 3.05) is 39.1 Å². The summed E-state index contributed by atoms with van der Waals surface area (Å²) in [6.45, 7) is 3.80. The van der Waals surface area contributed by atoms with E-state index >= 15 is 0 Å². The van der Waals surface area contributed by atoms with Crippen LogP contribution in [0.5, 0.6) is 0 Å². The third-order valence-corrected chi connectivity index (χ3v) is 3.92. The maximum atomic E-state index is 12.4. The molecule has 0 aliphatic carbocycles. The zero-order chi connectivity index (χ0) is 17.0. The van der Waals surface area contributed by atoms with E-state index in [0.29, 0.717) is 36.0 Å². The highest BCUT2D eigenvalue weighted by Gasteiger charge is 2.20. The van der Waals surface area contributed by atoms with Crippen molar-refractivity contribution >= 4 is 29.2 Å². The zero-order valence-electron chi connectivity index (χ0n) is 13.6. The number of nitrogens with one attached hydrogen (secondary N) is 1. The van der Waals surface area contributed by atoms with Gasteiger partial charge >= 0.3 is 6.03 Å². The molecule has 0 aromatic heterocycles. The SMILES string of the molecule is C[C@H]1CN(C(=O)Nc2ccc(Cl)c(C(=O)N(C)C)c2)CCCO1. The van der Waals surface area contributed by atoms with Gasteiger partial charge in [0.15, 0.2) is 0 Å². The Balaban J connectivity index is 2.11. The number of nitrogens with zero attached hydrogens (tertiary/aromatic N) is 2. The van der Waals surface area contributed by atoms with Crippen molar-refractivity contribution in [3.8, 4) is 0 Å². The van der Waals surface area contributed by atoms with Gasteiger partial charge in [0.2, 0.25) is 0 Å². The summed E-state index contributed by atoms with van der Waals surface area (Å²) in [5.74, 6) is -0.206. The molecule has 1 aromatic carbocycles. The minimum atomic E-state index is -0.206. The van der Waals surface area contributed by atoms with Crippen molar-refractivity contribution in [3.63, 3.8) is 0 Å². The Labute approximate surface area is 141 Å². The quantitative estimate of drug-likeness (QED) is 0.901. The minimum Gasteiger partial charge on any atom is -0.377 e. The molecule has 2 rings (SSSR count). The molecule has 1 aromatic rings. The predicted octanol–water partition coefficient (Wildman–Crippen LogP) is 2.68. The Morgan fingerprint density at radius 3 is 2.83 bits per heavy atom. The number of ether oxygens (including phenoxy) is 1. The van der Waals surface area contributed by atoms with Crippen LogP contribution in [-0.2, 0) is 4.74 Å². The molecule has 7 heteroatoms. The largest absolute Gasteiger partial charge is 0.377 e. The second kappa shape index (κ2) is 7.66. The average Bonchev–Trinajstić information content (AvgIpc) is 2.73. The fraction of sp³-hybridized carbons (Fsp3) is 0.500. The standard InChI is InChI=1S/C16H22ClN3O3/c1-11-10-20(7-4-8-23-11)16(22)18-12-5-6-14(17)13(9-12)15(21)19(2)3/h5-6,9,11H,4,7-8,10H2,1-3H3,(H,18,22)/t11-/m0/s1. The van der Waals surface area contributed by atoms with Gasteiger partial charge in [0.25, 0.3) is 5.91 Å². The topological polar surface area (TPSA) is 61.9 Å². The molecule has 0 saturated carbocycles. The van der Waals surface area contributed by atoms with Crippen LogP contribution in [0.2, 0.25) is 5.02 Å². The summed E-state index contributed by atoms with van der Waals surface area (Å²) in [5, 5.41) is 3.18. The molecular weight excluding hydrogens is 318 g/mol. The Kier molecular flexibility index (Phi) is 5.85. The first kappa shape index (κ1) is 17.6. The Morgan fingerprint density at radius 1 is 1.39 bits per heavy atom. The van der Waals surface area contributed by atoms with Crippen LogP contribution in [0.15, 0.2) is 18.2 Å². The van der Waals surface area contributed by atoms with E-state index in [9.17, 15) is 9.59 Å². The van der Waals surface area contributed by atoms with Crippen LogP contribution in [0.4, 0.5) is 10.5 Å². The van der Waals surface area contributed by atoms with Gasteiger partial charge in [0.05, 0.1) is 16.7 Å². The lowest BCUT2D eigenvalue weighted by atomic mass is 10.2. The Bertz CT molecular complexity index is 592. The van der Waals surface area contributed by atoms with E-state index in [-0.39, 0.29) is 18.0 Å². The molecule has 1 aliphatic rings. The summed E-state index contributed by atoms with van der Waals surface area (Å²) in [7, 11) is 3.31. The lowest BCUT2D eigenvalue weighted by Crippen LogP contribution is -2.39. The van der Waals surface area contributed by atoms with Gasteiger partial charge in [0, 0.05) is 39.5 Å². The Hall–Kier alpha value is -1.79. The molecule has 23 heavy (non-hydrogen) atoms. The van der Waals surface area contributed by atoms with Crippen LogP contribution >= 0.6 is 11.6 Å². The van der Waals surface area contributed by atoms with Crippen LogP contribution in [0.25, 0.3) is 0 Å². The van der Waals surface area contributed by atoms with Gasteiger partial charge in [0.1, 0.15) is 0 Å². The molecule has 1 fully saturated rings. The fourth-order valence-corrected chi connectivity index (χ4v) is 2.59. The van der Waals surface area contributed by atoms with Crippen LogP contribution in [0.3, 0.4) is 0 Å². The summed E-state index contributed by atoms with van der Waals surface area (Å²) in [6.07, 6.45) is 0.822. The summed E-state index contributed by atoms with van der Waals surface area (Å²) in [6, 6.07) is 4.69. The normalized spacial score (nSPS) is 18.3. The number of amides is 3. The highest BCUT2D eigenvalue weighted by Crippen LogP contribution is 2.22. The summed E-state index contributed by atoms with van der Waals surface area (Å²) in [5.41, 5.74) is 0.907. The van der Waals surface area contributed by atoms with E-state index in [1.165, 1.54) is 4.90 Å². The number of hydrogen-bond acceptors (Lipinski definition) is 3. The first-order valence-electron chi connectivity index (χ1n) is 7.57. The third kappa shape index (κ3) is 4.59. The van der Waals surface area contributed by atoms with Crippen molar-refractivity contribution in [2.45, 2.75) is 19.4 Å². The molecule has 3 amide bonds. The number of hydrogen-bond donors (Lipinski definition) is 1. The second-order valence-corrected chi connectivity index (χ2v) is 6.21. The molecule has 0 radical (unpaired) electrons. The van der Waals surface area contributed by atoms with Crippen molar-refractivity contribution in [1.29, 1.82) is 0 Å². The van der Waals surface area contributed by atoms with E-state index in [0.717, 1.165) is 6.42 Å². The van der Waals surface area contributed by atoms with Crippen LogP contribution in [0.1, 0.15) is 23.7 Å². The zero-order valence-corrected chi connectivity index (χ0v) is 14.4. The molecule has 126 valence electrons. The van der Waals surface area contributed by atoms with Gasteiger partial charge < -0.3 is 19.9 Å². The van der Waals surface area contributed by atoms with Gasteiger partial charge in [-0.3, -0.25) is 4.79 Å². The molecule has 6 nitrogen and oxygen atoms in total. The van der Waals surface area contributed by atoms with E-state index in [1.54, 1.807) is 37.2 Å². The fourth-order valence-electron chi connectivity index (χ4n) is 2.39. The van der Waals surface area contributed by atoms with E-state index in [4.69, 9.17) is 16.3 Å². The highest BCUT2D eigenvalue weighted by atomic mass is 35.5. The highest BCUT2D eigenvalue weighted by molar-refractivity contribution is 6.34. The maximum Gasteiger partial charge on any atom is 0.321 e. The molecule has 0 unspecified atom stereocenters. The van der Waals surface area contributed by atoms with Gasteiger partial charge in [-0.25, -0.2) is 4.79 Å². The Morgan fingerprint density at radius 2 is 2.13 bits per heavy atom. The smallest absolute Gasteiger partial charge is 0.321 e. The van der Waals surface area contributed by atoms with Crippen LogP contribution < -0.4 is 5.32 Å². The lowest BCUT2D eigenvalue weighted by molar-refractivity contribution is 0.0718. The number of anilines is 1. The average molecular weight is 340 g/mol. The van der Waals surface area contributed by atoms with Crippen molar-refractivity contribution in [3.05, 3.63) is 28.8 Å². The maximum absolute atomic E-state index is 12.4. The number of halogens is 1. The van der Waals surface area contributed by atoms with E-state index in [1.807, 2.05) is 6.92 Å². The summed E-state index contributed by atoms with van der Waals surface area (Å²) in [4.78, 5) is 27.7. The predicted molar refractivity (Wildman–Crippen MR) is 90.1 cm³/mol. The van der Waals surface area contributed by atoms with Crippen molar-refractivity contribution in [2.24, 2.45) is 0 Å². The van der Waals surface area contributed by atoms with Gasteiger partial charge in [-0.15, -0.1) is 0 Å². The third-order valence-electron chi connectivity index (χ3n) is 3.59. The minimum absolute atomic E-state index is 0.0133. The number of carbonyl (C=O) groups excluding carboxylic acids is 2. The lowest BCUT2D eigenvalue weighted by Gasteiger charge is -2.22. The monoisotopic (exact) mass is 339 g/mol. The number of rotatable bonds is 2. The summed E-state index contributed by atoms with van der Waals surface area (Å²) >= 11 is 6.07. The molecule has 1 heterocycles. The molecule has 0 bridgehead atoms. The van der Waals surface area contributed by atoms with Crippen molar-refractivity contribution in [1.82, 2.24) is 9.80 Å². The van der Waals surface area contributed by atoms with Crippen LogP contribution in [0, 0.1) is 0 Å². The molecular formula is C16H22ClN3O3. The number of urea groups is 1. The van der Waals surface area contributed by atoms with Gasteiger partial charge in [-0.2, -0.15) is 0 Å². The van der Waals surface area contributed by atoms with Crippen LogP contribution in [-0.4, -0.2) is 61.6 Å². The number of carbonyl (C=O) groups is 2. The van der Waals surface area contributed by atoms with E-state index in [2.05, 4.69) is 5.32 Å². The molecule has 1 saturated heterocycles. The van der Waals surface area contributed by atoms with E-state index < -0.39 is 0 Å². The van der Waals surface area contributed by atoms with Crippen molar-refractivity contribution < 1.29 is 14.3 Å². The molecule has 1 N–H and O–H groups in total. The summed E-state index contributed by atoms with van der Waals surface area (Å²) < 4.78 is 5.54. The number of benzene rings is 1. The second-order valence-electron chi connectivity index (χ2n) is 5.81. The van der Waals surface area contributed by atoms with Gasteiger partial charge in [-0.05, 0) is 31.5 Å². The molecule has 1 aliphatic heterocycles. The first-order chi connectivity index (χ1) is 10.9. The molecule has 1 atom stereocenters. The van der Waals surface area contributed by atoms with Gasteiger partial charge in [-0.1, -0.05) is 11.6 Å². The molecule has 0 spiro atoms.